The monoisotopic (exact) mass is 256 g/mol. The molecule has 0 bridgehead atoms. The van der Waals surface area contributed by atoms with Crippen molar-refractivity contribution in [3.63, 3.8) is 0 Å². The molecule has 92 valence electrons. The maximum absolute atomic E-state index is 11.8. The summed E-state index contributed by atoms with van der Waals surface area (Å²) in [5.74, 6) is 0.534. The van der Waals surface area contributed by atoms with Gasteiger partial charge in [-0.2, -0.15) is 0 Å². The van der Waals surface area contributed by atoms with Crippen molar-refractivity contribution in [1.82, 2.24) is 19.7 Å². The summed E-state index contributed by atoms with van der Waals surface area (Å²) >= 11 is 0. The number of hydrogen-bond donors (Lipinski definition) is 4. The third-order valence-electron chi connectivity index (χ3n) is 2.18. The van der Waals surface area contributed by atoms with Crippen molar-refractivity contribution in [1.29, 1.82) is 0 Å². The van der Waals surface area contributed by atoms with Crippen molar-refractivity contribution < 1.29 is 13.5 Å². The summed E-state index contributed by atoms with van der Waals surface area (Å²) in [7, 11) is -3.58. The minimum Gasteiger partial charge on any atom is -0.390 e. The highest BCUT2D eigenvalue weighted by molar-refractivity contribution is 7.89. The summed E-state index contributed by atoms with van der Waals surface area (Å²) in [5.41, 5.74) is 0.448. The predicted molar refractivity (Wildman–Crippen MR) is 59.3 cm³/mol. The minimum absolute atomic E-state index is 0.0908. The molecule has 17 heavy (non-hydrogen) atoms. The van der Waals surface area contributed by atoms with Gasteiger partial charge in [0, 0.05) is 24.3 Å². The van der Waals surface area contributed by atoms with E-state index < -0.39 is 10.0 Å². The Morgan fingerprint density at radius 3 is 2.82 bits per heavy atom. The van der Waals surface area contributed by atoms with Crippen LogP contribution in [0.15, 0.2) is 29.6 Å². The van der Waals surface area contributed by atoms with Crippen LogP contribution < -0.4 is 4.72 Å². The molecule has 2 aromatic heterocycles. The molecule has 0 atom stereocenters. The molecule has 0 aromatic carbocycles. The molecule has 0 spiro atoms. The van der Waals surface area contributed by atoms with Crippen molar-refractivity contribution >= 4 is 10.0 Å². The third kappa shape index (κ3) is 2.73. The molecule has 8 heteroatoms. The van der Waals surface area contributed by atoms with Gasteiger partial charge in [0.2, 0.25) is 10.0 Å². The number of rotatable bonds is 5. The zero-order valence-corrected chi connectivity index (χ0v) is 9.66. The first-order chi connectivity index (χ1) is 8.12. The normalized spacial score (nSPS) is 11.8. The van der Waals surface area contributed by atoms with Crippen LogP contribution in [0.25, 0.3) is 0 Å². The highest BCUT2D eigenvalue weighted by atomic mass is 32.2. The molecule has 2 heterocycles. The van der Waals surface area contributed by atoms with E-state index in [0.29, 0.717) is 11.5 Å². The first-order valence-corrected chi connectivity index (χ1v) is 6.36. The van der Waals surface area contributed by atoms with Crippen LogP contribution in [-0.2, 0) is 23.2 Å². The number of aromatic nitrogens is 3. The Labute approximate surface area is 98.0 Å². The van der Waals surface area contributed by atoms with E-state index in [1.807, 2.05) is 0 Å². The molecule has 0 radical (unpaired) electrons. The third-order valence-corrected chi connectivity index (χ3v) is 3.56. The number of imidazole rings is 1. The van der Waals surface area contributed by atoms with Crippen molar-refractivity contribution in [2.75, 3.05) is 0 Å². The molecular formula is C9H12N4O3S. The van der Waals surface area contributed by atoms with E-state index in [2.05, 4.69) is 19.7 Å². The molecular weight excluding hydrogens is 244 g/mol. The molecule has 7 nitrogen and oxygen atoms in total. The molecule has 2 aromatic rings. The zero-order chi connectivity index (χ0) is 12.3. The van der Waals surface area contributed by atoms with Crippen LogP contribution in [0, 0.1) is 0 Å². The van der Waals surface area contributed by atoms with Crippen LogP contribution in [0.3, 0.4) is 0 Å². The summed E-state index contributed by atoms with van der Waals surface area (Å²) < 4.78 is 26.0. The van der Waals surface area contributed by atoms with E-state index >= 15 is 0 Å². The van der Waals surface area contributed by atoms with Gasteiger partial charge in [-0.3, -0.25) is 0 Å². The van der Waals surface area contributed by atoms with Gasteiger partial charge in [0.05, 0.1) is 18.0 Å². The van der Waals surface area contributed by atoms with Gasteiger partial charge >= 0.3 is 0 Å². The molecule has 0 aliphatic rings. The smallest absolute Gasteiger partial charge is 0.242 e. The Balaban J connectivity index is 2.08. The Bertz CT molecular complexity index is 573. The summed E-state index contributed by atoms with van der Waals surface area (Å²) in [4.78, 5) is 9.45. The number of aliphatic hydroxyl groups excluding tert-OH is 1. The second-order valence-electron chi connectivity index (χ2n) is 3.38. The van der Waals surface area contributed by atoms with Crippen molar-refractivity contribution in [2.45, 2.75) is 18.0 Å². The fourth-order valence-electron chi connectivity index (χ4n) is 1.31. The lowest BCUT2D eigenvalue weighted by molar-refractivity contribution is 0.277. The van der Waals surface area contributed by atoms with Crippen LogP contribution in [0.5, 0.6) is 0 Å². The molecule has 0 saturated heterocycles. The Hall–Kier alpha value is -1.64. The van der Waals surface area contributed by atoms with Gasteiger partial charge in [-0.1, -0.05) is 0 Å². The van der Waals surface area contributed by atoms with Crippen LogP contribution >= 0.6 is 0 Å². The number of hydrogen-bond acceptors (Lipinski definition) is 4. The second-order valence-corrected chi connectivity index (χ2v) is 5.15. The van der Waals surface area contributed by atoms with E-state index in [-0.39, 0.29) is 18.0 Å². The van der Waals surface area contributed by atoms with Gasteiger partial charge in [-0.25, -0.2) is 18.1 Å². The molecule has 0 saturated carbocycles. The molecule has 0 aliphatic carbocycles. The van der Waals surface area contributed by atoms with Crippen LogP contribution in [0.4, 0.5) is 0 Å². The number of nitrogens with zero attached hydrogens (tertiary/aromatic N) is 1. The molecule has 0 fully saturated rings. The fraction of sp³-hybridized carbons (Fsp3) is 0.222. The topological polar surface area (TPSA) is 111 Å². The number of nitrogens with one attached hydrogen (secondary N) is 3. The van der Waals surface area contributed by atoms with Gasteiger partial charge < -0.3 is 15.1 Å². The summed E-state index contributed by atoms with van der Waals surface area (Å²) in [6.45, 7) is -0.136. The van der Waals surface area contributed by atoms with Crippen molar-refractivity contribution in [2.24, 2.45) is 0 Å². The zero-order valence-electron chi connectivity index (χ0n) is 8.84. The lowest BCUT2D eigenvalue weighted by atomic mass is 10.5. The summed E-state index contributed by atoms with van der Waals surface area (Å²) in [5, 5.41) is 8.84. The first-order valence-electron chi connectivity index (χ1n) is 4.88. The maximum atomic E-state index is 11.8. The minimum atomic E-state index is -3.58. The Morgan fingerprint density at radius 1 is 1.41 bits per heavy atom. The van der Waals surface area contributed by atoms with Crippen molar-refractivity contribution in [3.8, 4) is 0 Å². The maximum Gasteiger partial charge on any atom is 0.242 e. The standard InChI is InChI=1S/C9H12N4O3S/c14-6-7-3-8(4-12-7)17(15,16)13-5-9-10-1-2-11-9/h1-4,12-14H,5-6H2,(H,10,11). The lowest BCUT2D eigenvalue weighted by Gasteiger charge is -2.02. The van der Waals surface area contributed by atoms with E-state index in [0.717, 1.165) is 0 Å². The van der Waals surface area contributed by atoms with Gasteiger partial charge in [0.25, 0.3) is 0 Å². The van der Waals surface area contributed by atoms with Gasteiger partial charge in [-0.15, -0.1) is 0 Å². The number of H-pyrrole nitrogens is 2. The Morgan fingerprint density at radius 2 is 2.24 bits per heavy atom. The summed E-state index contributed by atoms with van der Waals surface area (Å²) in [6, 6.07) is 1.38. The van der Waals surface area contributed by atoms with E-state index in [1.54, 1.807) is 12.4 Å². The predicted octanol–water partition coefficient (Wildman–Crippen LogP) is -0.291. The first kappa shape index (κ1) is 11.8. The van der Waals surface area contributed by atoms with Crippen LogP contribution in [0.1, 0.15) is 11.5 Å². The van der Waals surface area contributed by atoms with E-state index in [4.69, 9.17) is 5.11 Å². The average molecular weight is 256 g/mol. The number of sulfonamides is 1. The van der Waals surface area contributed by atoms with Gasteiger partial charge in [0.15, 0.2) is 0 Å². The van der Waals surface area contributed by atoms with Gasteiger partial charge in [0.1, 0.15) is 5.82 Å². The largest absolute Gasteiger partial charge is 0.390 e. The lowest BCUT2D eigenvalue weighted by Crippen LogP contribution is -2.23. The molecule has 0 unspecified atom stereocenters. The summed E-state index contributed by atoms with van der Waals surface area (Å²) in [6.07, 6.45) is 4.49. The Kier molecular flexibility index (Phi) is 3.27. The van der Waals surface area contributed by atoms with E-state index in [9.17, 15) is 8.42 Å². The molecule has 0 aliphatic heterocycles. The van der Waals surface area contributed by atoms with Crippen molar-refractivity contribution in [3.05, 3.63) is 36.2 Å². The SMILES string of the molecule is O=S(=O)(NCc1ncc[nH]1)c1c[nH]c(CO)c1. The molecule has 4 N–H and O–H groups in total. The number of aliphatic hydroxyl groups is 1. The average Bonchev–Trinajstić information content (AvgIpc) is 2.98. The highest BCUT2D eigenvalue weighted by Gasteiger charge is 2.15. The highest BCUT2D eigenvalue weighted by Crippen LogP contribution is 2.10. The molecule has 0 amide bonds. The number of aromatic amines is 2. The second kappa shape index (κ2) is 4.70. The quantitative estimate of drug-likeness (QED) is 0.589. The van der Waals surface area contributed by atoms with Gasteiger partial charge in [-0.05, 0) is 6.07 Å². The fourth-order valence-corrected chi connectivity index (χ4v) is 2.31. The van der Waals surface area contributed by atoms with Crippen LogP contribution in [0.2, 0.25) is 0 Å². The van der Waals surface area contributed by atoms with E-state index in [1.165, 1.54) is 12.3 Å². The molecule has 2 rings (SSSR count). The van der Waals surface area contributed by atoms with Crippen LogP contribution in [-0.4, -0.2) is 28.5 Å².